The first-order chi connectivity index (χ1) is 8.06. The first-order valence-corrected chi connectivity index (χ1v) is 5.34. The van der Waals surface area contributed by atoms with Gasteiger partial charge in [0, 0.05) is 0 Å². The fourth-order valence-electron chi connectivity index (χ4n) is 1.87. The van der Waals surface area contributed by atoms with Crippen molar-refractivity contribution < 1.29 is 14.6 Å². The molecule has 0 radical (unpaired) electrons. The number of methoxy groups -OCH3 is 1. The number of pyridine rings is 1. The van der Waals surface area contributed by atoms with Crippen LogP contribution in [0.25, 0.3) is 5.52 Å². The first kappa shape index (κ1) is 11.4. The molecule has 5 nitrogen and oxygen atoms in total. The highest BCUT2D eigenvalue weighted by atomic mass is 16.5. The van der Waals surface area contributed by atoms with E-state index in [1.165, 1.54) is 13.3 Å². The molecule has 2 rings (SSSR count). The minimum Gasteiger partial charge on any atom is -0.506 e. The van der Waals surface area contributed by atoms with Crippen molar-refractivity contribution in [2.24, 2.45) is 0 Å². The van der Waals surface area contributed by atoms with Crippen LogP contribution in [-0.4, -0.2) is 27.8 Å². The van der Waals surface area contributed by atoms with E-state index in [2.05, 4.69) is 9.84 Å². The maximum absolute atomic E-state index is 11.5. The molecule has 0 unspecified atom stereocenters. The van der Waals surface area contributed by atoms with Crippen molar-refractivity contribution >= 4 is 11.5 Å². The van der Waals surface area contributed by atoms with Crippen LogP contribution in [0.4, 0.5) is 0 Å². The Balaban J connectivity index is 2.73. The molecule has 5 heteroatoms. The Morgan fingerprint density at radius 1 is 1.47 bits per heavy atom. The highest BCUT2D eigenvalue weighted by molar-refractivity contribution is 5.96. The van der Waals surface area contributed by atoms with E-state index in [0.29, 0.717) is 16.8 Å². The number of aromatic hydroxyl groups is 1. The van der Waals surface area contributed by atoms with Crippen molar-refractivity contribution in [2.45, 2.75) is 19.8 Å². The molecule has 1 N–H and O–H groups in total. The van der Waals surface area contributed by atoms with E-state index < -0.39 is 5.97 Å². The Kier molecular flexibility index (Phi) is 2.75. The Morgan fingerprint density at radius 2 is 2.18 bits per heavy atom. The molecule has 2 heterocycles. The lowest BCUT2D eigenvalue weighted by molar-refractivity contribution is 0.0603. The minimum absolute atomic E-state index is 0.101. The molecule has 0 saturated carbocycles. The topological polar surface area (TPSA) is 63.8 Å². The number of rotatable bonds is 2. The molecule has 0 saturated heterocycles. The number of hydrogen-bond donors (Lipinski definition) is 1. The minimum atomic E-state index is -0.430. The summed E-state index contributed by atoms with van der Waals surface area (Å²) in [7, 11) is 1.33. The van der Waals surface area contributed by atoms with E-state index in [1.54, 1.807) is 16.6 Å². The van der Waals surface area contributed by atoms with Crippen molar-refractivity contribution in [2.75, 3.05) is 7.11 Å². The lowest BCUT2D eigenvalue weighted by Gasteiger charge is -2.10. The Labute approximate surface area is 98.6 Å². The van der Waals surface area contributed by atoms with Gasteiger partial charge >= 0.3 is 5.97 Å². The number of carbonyl (C=O) groups excluding carboxylic acids is 1. The van der Waals surface area contributed by atoms with Crippen molar-refractivity contribution in [3.63, 3.8) is 0 Å². The lowest BCUT2D eigenvalue weighted by Crippen LogP contribution is -2.03. The maximum Gasteiger partial charge on any atom is 0.341 e. The highest BCUT2D eigenvalue weighted by Gasteiger charge is 2.18. The summed E-state index contributed by atoms with van der Waals surface area (Å²) >= 11 is 0. The summed E-state index contributed by atoms with van der Waals surface area (Å²) in [5.74, 6) is -0.156. The van der Waals surface area contributed by atoms with Gasteiger partial charge in [-0.1, -0.05) is 13.8 Å². The smallest absolute Gasteiger partial charge is 0.341 e. The molecule has 0 bridgehead atoms. The molecule has 0 fully saturated rings. The third kappa shape index (κ3) is 1.73. The van der Waals surface area contributed by atoms with Crippen LogP contribution in [0, 0.1) is 0 Å². The van der Waals surface area contributed by atoms with Crippen LogP contribution in [0.5, 0.6) is 5.75 Å². The zero-order valence-electron chi connectivity index (χ0n) is 9.97. The van der Waals surface area contributed by atoms with Gasteiger partial charge in [0.25, 0.3) is 0 Å². The number of carbonyl (C=O) groups is 1. The van der Waals surface area contributed by atoms with E-state index in [1.807, 2.05) is 13.8 Å². The number of hydrogen-bond acceptors (Lipinski definition) is 4. The van der Waals surface area contributed by atoms with Gasteiger partial charge in [0.15, 0.2) is 0 Å². The monoisotopic (exact) mass is 234 g/mol. The first-order valence-electron chi connectivity index (χ1n) is 5.34. The maximum atomic E-state index is 11.5. The fourth-order valence-corrected chi connectivity index (χ4v) is 1.87. The van der Waals surface area contributed by atoms with E-state index in [9.17, 15) is 9.90 Å². The van der Waals surface area contributed by atoms with Crippen LogP contribution in [-0.2, 0) is 4.74 Å². The zero-order valence-corrected chi connectivity index (χ0v) is 9.97. The van der Waals surface area contributed by atoms with Crippen LogP contribution >= 0.6 is 0 Å². The SMILES string of the molecule is COC(=O)c1cnn2c(C(C)C)c(O)ccc12. The lowest BCUT2D eigenvalue weighted by atomic mass is 10.1. The van der Waals surface area contributed by atoms with Crippen molar-refractivity contribution in [1.29, 1.82) is 0 Å². The average molecular weight is 234 g/mol. The van der Waals surface area contributed by atoms with Crippen LogP contribution in [0.1, 0.15) is 35.8 Å². The third-order valence-electron chi connectivity index (χ3n) is 2.65. The molecule has 0 atom stereocenters. The van der Waals surface area contributed by atoms with Crippen LogP contribution < -0.4 is 0 Å². The Hall–Kier alpha value is -2.04. The van der Waals surface area contributed by atoms with Gasteiger partial charge in [0.05, 0.1) is 24.5 Å². The summed E-state index contributed by atoms with van der Waals surface area (Å²) in [4.78, 5) is 11.5. The average Bonchev–Trinajstić information content (AvgIpc) is 2.70. The number of aromatic nitrogens is 2. The van der Waals surface area contributed by atoms with Crippen LogP contribution in [0.2, 0.25) is 0 Å². The van der Waals surface area contributed by atoms with Gasteiger partial charge in [0.2, 0.25) is 0 Å². The second-order valence-electron chi connectivity index (χ2n) is 4.11. The molecule has 0 aliphatic carbocycles. The quantitative estimate of drug-likeness (QED) is 0.807. The molecular weight excluding hydrogens is 220 g/mol. The van der Waals surface area contributed by atoms with E-state index in [4.69, 9.17) is 0 Å². The molecule has 90 valence electrons. The summed E-state index contributed by atoms with van der Waals surface area (Å²) in [5, 5.41) is 13.9. The Morgan fingerprint density at radius 3 is 2.76 bits per heavy atom. The van der Waals surface area contributed by atoms with Crippen molar-refractivity contribution in [3.05, 3.63) is 29.6 Å². The molecule has 0 amide bonds. The molecule has 0 aliphatic rings. The molecule has 2 aromatic heterocycles. The number of nitrogens with zero attached hydrogens (tertiary/aromatic N) is 2. The molecular formula is C12H14N2O3. The van der Waals surface area contributed by atoms with Gasteiger partial charge < -0.3 is 9.84 Å². The van der Waals surface area contributed by atoms with Crippen molar-refractivity contribution in [3.8, 4) is 5.75 Å². The predicted octanol–water partition coefficient (Wildman–Crippen LogP) is 1.95. The molecule has 0 spiro atoms. The molecule has 0 aliphatic heterocycles. The highest BCUT2D eigenvalue weighted by Crippen LogP contribution is 2.27. The molecule has 2 aromatic rings. The summed E-state index contributed by atoms with van der Waals surface area (Å²) < 4.78 is 6.25. The van der Waals surface area contributed by atoms with Crippen LogP contribution in [0.15, 0.2) is 18.3 Å². The summed E-state index contributed by atoms with van der Waals surface area (Å²) in [5.41, 5.74) is 1.71. The van der Waals surface area contributed by atoms with E-state index in [0.717, 1.165) is 0 Å². The van der Waals surface area contributed by atoms with Gasteiger partial charge in [-0.15, -0.1) is 0 Å². The normalized spacial score (nSPS) is 11.1. The van der Waals surface area contributed by atoms with Gasteiger partial charge in [-0.2, -0.15) is 5.10 Å². The predicted molar refractivity (Wildman–Crippen MR) is 62.3 cm³/mol. The number of fused-ring (bicyclic) bond motifs is 1. The zero-order chi connectivity index (χ0) is 12.6. The van der Waals surface area contributed by atoms with E-state index >= 15 is 0 Å². The van der Waals surface area contributed by atoms with E-state index in [-0.39, 0.29) is 11.7 Å². The van der Waals surface area contributed by atoms with Gasteiger partial charge in [-0.3, -0.25) is 0 Å². The Bertz CT molecular complexity index is 572. The summed E-state index contributed by atoms with van der Waals surface area (Å²) in [6, 6.07) is 3.22. The van der Waals surface area contributed by atoms with Gasteiger partial charge in [-0.05, 0) is 18.1 Å². The number of esters is 1. The van der Waals surface area contributed by atoms with Gasteiger partial charge in [-0.25, -0.2) is 9.31 Å². The summed E-state index contributed by atoms with van der Waals surface area (Å²) in [6.45, 7) is 3.90. The second kappa shape index (κ2) is 4.08. The largest absolute Gasteiger partial charge is 0.506 e. The second-order valence-corrected chi connectivity index (χ2v) is 4.11. The number of ether oxygens (including phenoxy) is 1. The fraction of sp³-hybridized carbons (Fsp3) is 0.333. The van der Waals surface area contributed by atoms with Gasteiger partial charge in [0.1, 0.15) is 11.3 Å². The standard InChI is InChI=1S/C12H14N2O3/c1-7(2)11-10(15)5-4-9-8(12(16)17-3)6-13-14(9)11/h4-7,15H,1-3H3. The molecule has 17 heavy (non-hydrogen) atoms. The third-order valence-corrected chi connectivity index (χ3v) is 2.65. The van der Waals surface area contributed by atoms with Crippen LogP contribution in [0.3, 0.4) is 0 Å². The molecule has 0 aromatic carbocycles. The van der Waals surface area contributed by atoms with Crippen molar-refractivity contribution in [1.82, 2.24) is 9.61 Å². The summed E-state index contributed by atoms with van der Waals surface area (Å²) in [6.07, 6.45) is 1.45.